The van der Waals surface area contributed by atoms with Crippen molar-refractivity contribution in [2.45, 2.75) is 13.3 Å². The second kappa shape index (κ2) is 5.47. The molecule has 0 heterocycles. The SMILES string of the molecule is Cc1ccc(-c2ccc(C(=O)O)c(OC(F)(F)F)c2)cc1. The van der Waals surface area contributed by atoms with Gasteiger partial charge in [0.05, 0.1) is 0 Å². The number of halogens is 3. The van der Waals surface area contributed by atoms with Gasteiger partial charge in [-0.3, -0.25) is 0 Å². The molecule has 0 amide bonds. The Morgan fingerprint density at radius 2 is 1.62 bits per heavy atom. The van der Waals surface area contributed by atoms with Crippen LogP contribution < -0.4 is 4.74 Å². The third kappa shape index (κ3) is 3.75. The number of hydrogen-bond donors (Lipinski definition) is 1. The number of aryl methyl sites for hydroxylation is 1. The fraction of sp³-hybridized carbons (Fsp3) is 0.133. The van der Waals surface area contributed by atoms with Gasteiger partial charge in [0.1, 0.15) is 11.3 Å². The predicted molar refractivity (Wildman–Crippen MR) is 70.3 cm³/mol. The number of hydrogen-bond acceptors (Lipinski definition) is 2. The van der Waals surface area contributed by atoms with Crippen LogP contribution in [0.4, 0.5) is 13.2 Å². The highest BCUT2D eigenvalue weighted by atomic mass is 19.4. The molecular formula is C15H11F3O3. The number of carbonyl (C=O) groups is 1. The van der Waals surface area contributed by atoms with Gasteiger partial charge >= 0.3 is 12.3 Å². The van der Waals surface area contributed by atoms with Gasteiger partial charge in [0.15, 0.2) is 0 Å². The maximum Gasteiger partial charge on any atom is 0.573 e. The number of aromatic carboxylic acids is 1. The molecular weight excluding hydrogens is 285 g/mol. The highest BCUT2D eigenvalue weighted by Crippen LogP contribution is 2.31. The number of alkyl halides is 3. The molecule has 0 radical (unpaired) electrons. The van der Waals surface area contributed by atoms with Gasteiger partial charge in [0.25, 0.3) is 0 Å². The summed E-state index contributed by atoms with van der Waals surface area (Å²) in [5, 5.41) is 8.91. The van der Waals surface area contributed by atoms with Crippen LogP contribution in [-0.2, 0) is 0 Å². The summed E-state index contributed by atoms with van der Waals surface area (Å²) in [4.78, 5) is 11.0. The standard InChI is InChI=1S/C15H11F3O3/c1-9-2-4-10(5-3-9)11-6-7-12(14(19)20)13(8-11)21-15(16,17)18/h2-8H,1H3,(H,19,20). The van der Waals surface area contributed by atoms with Crippen molar-refractivity contribution < 1.29 is 27.8 Å². The summed E-state index contributed by atoms with van der Waals surface area (Å²) in [6.45, 7) is 1.88. The first-order chi connectivity index (χ1) is 9.76. The van der Waals surface area contributed by atoms with E-state index in [9.17, 15) is 18.0 Å². The van der Waals surface area contributed by atoms with E-state index in [1.807, 2.05) is 19.1 Å². The second-order valence-corrected chi connectivity index (χ2v) is 4.43. The van der Waals surface area contributed by atoms with Crippen molar-refractivity contribution in [3.8, 4) is 16.9 Å². The lowest BCUT2D eigenvalue weighted by atomic mass is 10.0. The van der Waals surface area contributed by atoms with Crippen molar-refractivity contribution in [3.63, 3.8) is 0 Å². The Morgan fingerprint density at radius 3 is 2.14 bits per heavy atom. The van der Waals surface area contributed by atoms with Crippen molar-refractivity contribution in [3.05, 3.63) is 53.6 Å². The number of ether oxygens (including phenoxy) is 1. The molecule has 110 valence electrons. The quantitative estimate of drug-likeness (QED) is 0.920. The van der Waals surface area contributed by atoms with Crippen LogP contribution >= 0.6 is 0 Å². The van der Waals surface area contributed by atoms with Gasteiger partial charge < -0.3 is 9.84 Å². The summed E-state index contributed by atoms with van der Waals surface area (Å²) >= 11 is 0. The molecule has 6 heteroatoms. The monoisotopic (exact) mass is 296 g/mol. The minimum absolute atomic E-state index is 0.444. The van der Waals surface area contributed by atoms with E-state index < -0.39 is 23.6 Å². The molecule has 2 aromatic carbocycles. The third-order valence-corrected chi connectivity index (χ3v) is 2.82. The zero-order chi connectivity index (χ0) is 15.6. The van der Waals surface area contributed by atoms with Crippen LogP contribution in [-0.4, -0.2) is 17.4 Å². The lowest BCUT2D eigenvalue weighted by molar-refractivity contribution is -0.274. The summed E-state index contributed by atoms with van der Waals surface area (Å²) in [5.41, 5.74) is 1.58. The average Bonchev–Trinajstić information content (AvgIpc) is 2.37. The molecule has 0 fully saturated rings. The lowest BCUT2D eigenvalue weighted by Crippen LogP contribution is -2.19. The molecule has 0 aliphatic heterocycles. The summed E-state index contributed by atoms with van der Waals surface area (Å²) in [6.07, 6.45) is -4.95. The molecule has 0 atom stereocenters. The van der Waals surface area contributed by atoms with Crippen molar-refractivity contribution in [1.82, 2.24) is 0 Å². The summed E-state index contributed by atoms with van der Waals surface area (Å²) in [5.74, 6) is -2.21. The van der Waals surface area contributed by atoms with E-state index >= 15 is 0 Å². The molecule has 2 aromatic rings. The molecule has 0 saturated heterocycles. The van der Waals surface area contributed by atoms with Crippen molar-refractivity contribution in [1.29, 1.82) is 0 Å². The Morgan fingerprint density at radius 1 is 1.05 bits per heavy atom. The smallest absolute Gasteiger partial charge is 0.478 e. The lowest BCUT2D eigenvalue weighted by Gasteiger charge is -2.13. The molecule has 1 N–H and O–H groups in total. The number of carboxylic acids is 1. The summed E-state index contributed by atoms with van der Waals surface area (Å²) in [7, 11) is 0. The molecule has 3 nitrogen and oxygen atoms in total. The first-order valence-electron chi connectivity index (χ1n) is 5.96. The van der Waals surface area contributed by atoms with Gasteiger partial charge in [-0.25, -0.2) is 4.79 Å². The number of carboxylic acid groups (broad SMARTS) is 1. The summed E-state index contributed by atoms with van der Waals surface area (Å²) < 4.78 is 40.9. The molecule has 0 spiro atoms. The topological polar surface area (TPSA) is 46.5 Å². The predicted octanol–water partition coefficient (Wildman–Crippen LogP) is 4.26. The highest BCUT2D eigenvalue weighted by molar-refractivity contribution is 5.92. The molecule has 0 unspecified atom stereocenters. The van der Waals surface area contributed by atoms with Crippen molar-refractivity contribution in [2.24, 2.45) is 0 Å². The molecule has 0 aromatic heterocycles. The Labute approximate surface area is 118 Å². The van der Waals surface area contributed by atoms with Crippen LogP contribution in [0.15, 0.2) is 42.5 Å². The van der Waals surface area contributed by atoms with Gasteiger partial charge in [-0.05, 0) is 30.2 Å². The second-order valence-electron chi connectivity index (χ2n) is 4.43. The average molecular weight is 296 g/mol. The van der Waals surface area contributed by atoms with E-state index in [0.29, 0.717) is 11.1 Å². The Bertz CT molecular complexity index is 661. The third-order valence-electron chi connectivity index (χ3n) is 2.82. The summed E-state index contributed by atoms with van der Waals surface area (Å²) in [6, 6.07) is 10.7. The van der Waals surface area contributed by atoms with Gasteiger partial charge in [-0.15, -0.1) is 13.2 Å². The fourth-order valence-corrected chi connectivity index (χ4v) is 1.83. The first-order valence-corrected chi connectivity index (χ1v) is 5.96. The Kier molecular flexibility index (Phi) is 3.88. The number of benzene rings is 2. The van der Waals surface area contributed by atoms with Crippen molar-refractivity contribution >= 4 is 5.97 Å². The van der Waals surface area contributed by atoms with Crippen LogP contribution in [0.2, 0.25) is 0 Å². The molecule has 0 aliphatic carbocycles. The van der Waals surface area contributed by atoms with Gasteiger partial charge in [-0.1, -0.05) is 35.9 Å². The Balaban J connectivity index is 2.48. The molecule has 21 heavy (non-hydrogen) atoms. The zero-order valence-electron chi connectivity index (χ0n) is 10.9. The van der Waals surface area contributed by atoms with E-state index in [2.05, 4.69) is 4.74 Å². The van der Waals surface area contributed by atoms with Gasteiger partial charge in [0, 0.05) is 0 Å². The van der Waals surface area contributed by atoms with Crippen LogP contribution in [0.3, 0.4) is 0 Å². The van der Waals surface area contributed by atoms with E-state index in [1.165, 1.54) is 6.07 Å². The van der Waals surface area contributed by atoms with Gasteiger partial charge in [-0.2, -0.15) is 0 Å². The van der Waals surface area contributed by atoms with Crippen LogP contribution in [0.25, 0.3) is 11.1 Å². The van der Waals surface area contributed by atoms with E-state index in [0.717, 1.165) is 17.7 Å². The van der Waals surface area contributed by atoms with E-state index in [1.54, 1.807) is 12.1 Å². The highest BCUT2D eigenvalue weighted by Gasteiger charge is 2.33. The van der Waals surface area contributed by atoms with E-state index in [4.69, 9.17) is 5.11 Å². The van der Waals surface area contributed by atoms with Crippen LogP contribution in [0, 0.1) is 6.92 Å². The molecule has 0 saturated carbocycles. The van der Waals surface area contributed by atoms with Gasteiger partial charge in [0.2, 0.25) is 0 Å². The van der Waals surface area contributed by atoms with Crippen molar-refractivity contribution in [2.75, 3.05) is 0 Å². The first kappa shape index (κ1) is 14.9. The van der Waals surface area contributed by atoms with Crippen LogP contribution in [0.5, 0.6) is 5.75 Å². The normalized spacial score (nSPS) is 11.2. The maximum atomic E-state index is 12.4. The largest absolute Gasteiger partial charge is 0.573 e. The molecule has 0 bridgehead atoms. The molecule has 0 aliphatic rings. The molecule has 2 rings (SSSR count). The number of rotatable bonds is 3. The zero-order valence-corrected chi connectivity index (χ0v) is 10.9. The fourth-order valence-electron chi connectivity index (χ4n) is 1.83. The minimum atomic E-state index is -4.95. The van der Waals surface area contributed by atoms with Crippen LogP contribution in [0.1, 0.15) is 15.9 Å². The Hall–Kier alpha value is -2.50. The van der Waals surface area contributed by atoms with E-state index in [-0.39, 0.29) is 0 Å². The minimum Gasteiger partial charge on any atom is -0.478 e. The maximum absolute atomic E-state index is 12.4.